The number of likely N-dealkylation sites (tertiary alicyclic amines) is 1. The lowest BCUT2D eigenvalue weighted by Crippen LogP contribution is -2.53. The number of halogens is 5. The molecular formula is C28H32F5N3O5. The number of carbonyl (C=O) groups is 2. The maximum absolute atomic E-state index is 13.5. The van der Waals surface area contributed by atoms with Crippen LogP contribution in [0.3, 0.4) is 0 Å². The summed E-state index contributed by atoms with van der Waals surface area (Å²) in [6.45, 7) is 1.05. The first-order chi connectivity index (χ1) is 19.4. The fourth-order valence-electron chi connectivity index (χ4n) is 5.97. The van der Waals surface area contributed by atoms with E-state index in [1.807, 2.05) is 6.07 Å². The minimum Gasteiger partial charge on any atom is -0.493 e. The molecule has 0 aromatic heterocycles. The number of carboxylic acid groups (broad SMARTS) is 1. The molecule has 5 rings (SSSR count). The lowest BCUT2D eigenvalue weighted by atomic mass is 9.65. The Bertz CT molecular complexity index is 1270. The van der Waals surface area contributed by atoms with Gasteiger partial charge < -0.3 is 25.2 Å². The molecule has 1 saturated heterocycles. The highest BCUT2D eigenvalue weighted by atomic mass is 19.4. The molecule has 2 aromatic rings. The average Bonchev–Trinajstić information content (AvgIpc) is 3.70. The van der Waals surface area contributed by atoms with Gasteiger partial charge in [-0.05, 0) is 74.9 Å². The Kier molecular flexibility index (Phi) is 8.95. The van der Waals surface area contributed by atoms with Crippen LogP contribution in [0.1, 0.15) is 44.1 Å². The van der Waals surface area contributed by atoms with Crippen molar-refractivity contribution in [3.8, 4) is 11.5 Å². The molecule has 3 N–H and O–H groups in total. The first-order valence-corrected chi connectivity index (χ1v) is 13.2. The largest absolute Gasteiger partial charge is 0.493 e. The van der Waals surface area contributed by atoms with E-state index in [-0.39, 0.29) is 17.1 Å². The van der Waals surface area contributed by atoms with Crippen LogP contribution in [0.2, 0.25) is 0 Å². The summed E-state index contributed by atoms with van der Waals surface area (Å²) in [4.78, 5) is 24.2. The fourth-order valence-corrected chi connectivity index (χ4v) is 5.97. The number of nitrogens with zero attached hydrogens (tertiary/aromatic N) is 1. The van der Waals surface area contributed by atoms with E-state index in [0.717, 1.165) is 55.9 Å². The highest BCUT2D eigenvalue weighted by Crippen LogP contribution is 2.52. The number of nitrogens with one attached hydrogen (secondary N) is 2. The normalized spacial score (nSPS) is 24.0. The molecular weight excluding hydrogens is 553 g/mol. The molecule has 0 spiro atoms. The van der Waals surface area contributed by atoms with Crippen molar-refractivity contribution in [2.75, 3.05) is 26.1 Å². The van der Waals surface area contributed by atoms with Crippen molar-refractivity contribution in [1.82, 2.24) is 10.2 Å². The van der Waals surface area contributed by atoms with Crippen LogP contribution in [-0.4, -0.2) is 67.1 Å². The summed E-state index contributed by atoms with van der Waals surface area (Å²) < 4.78 is 69.5. The molecule has 3 aliphatic rings. The molecule has 2 amide bonds. The number of urea groups is 1. The summed E-state index contributed by atoms with van der Waals surface area (Å²) in [6, 6.07) is 10.2. The van der Waals surface area contributed by atoms with Gasteiger partial charge in [0.05, 0.1) is 14.2 Å². The third kappa shape index (κ3) is 6.83. The predicted molar refractivity (Wildman–Crippen MR) is 139 cm³/mol. The van der Waals surface area contributed by atoms with Crippen molar-refractivity contribution in [1.29, 1.82) is 0 Å². The standard InChI is InChI=1S/C26H31F2N3O3.C2HF3O2/c1-33-22-8-3-16(13-23(22)34-2)26-10-9-18(15-24(26)31(12-11-26)19-5-6-19)30-25(32)29-17-4-7-20(27)21(28)14-17;3-2(4,5)1(6)7/h3-4,7-8,13-14,18-19,24H,5-6,9-12,15H2,1-2H3,(H2,29,30,32);(H,6,7)/t18-,24+,26+;/m1./s1. The van der Waals surface area contributed by atoms with Crippen molar-refractivity contribution in [3.05, 3.63) is 53.6 Å². The van der Waals surface area contributed by atoms with Crippen LogP contribution in [0.5, 0.6) is 11.5 Å². The zero-order valence-electron chi connectivity index (χ0n) is 22.6. The quantitative estimate of drug-likeness (QED) is 0.390. The number of alkyl halides is 3. The lowest BCUT2D eigenvalue weighted by Gasteiger charge is -2.45. The van der Waals surface area contributed by atoms with E-state index in [2.05, 4.69) is 27.7 Å². The molecule has 1 aliphatic heterocycles. The molecule has 0 bridgehead atoms. The summed E-state index contributed by atoms with van der Waals surface area (Å²) in [7, 11) is 3.31. The Labute approximate surface area is 233 Å². The smallest absolute Gasteiger partial charge is 0.490 e. The number of anilines is 1. The van der Waals surface area contributed by atoms with Crippen LogP contribution in [0.4, 0.5) is 32.4 Å². The van der Waals surface area contributed by atoms with Gasteiger partial charge >= 0.3 is 18.2 Å². The lowest BCUT2D eigenvalue weighted by molar-refractivity contribution is -0.192. The summed E-state index contributed by atoms with van der Waals surface area (Å²) in [5.41, 5.74) is 1.51. The van der Waals surface area contributed by atoms with Gasteiger partial charge in [-0.25, -0.2) is 18.4 Å². The number of benzene rings is 2. The van der Waals surface area contributed by atoms with Gasteiger partial charge in [0.15, 0.2) is 23.1 Å². The number of methoxy groups -OCH3 is 2. The second kappa shape index (κ2) is 12.1. The van der Waals surface area contributed by atoms with E-state index in [9.17, 15) is 26.7 Å². The minimum atomic E-state index is -5.08. The van der Waals surface area contributed by atoms with Gasteiger partial charge in [0.1, 0.15) is 0 Å². The van der Waals surface area contributed by atoms with E-state index < -0.39 is 29.8 Å². The molecule has 3 atom stereocenters. The van der Waals surface area contributed by atoms with Crippen molar-refractivity contribution in [2.24, 2.45) is 0 Å². The number of ether oxygens (including phenoxy) is 2. The number of carboxylic acids is 1. The van der Waals surface area contributed by atoms with E-state index in [4.69, 9.17) is 19.4 Å². The zero-order valence-corrected chi connectivity index (χ0v) is 22.6. The summed E-state index contributed by atoms with van der Waals surface area (Å²) in [6.07, 6.45) is 1.09. The fraction of sp³-hybridized carbons (Fsp3) is 0.500. The molecule has 2 aromatic carbocycles. The molecule has 0 unspecified atom stereocenters. The maximum Gasteiger partial charge on any atom is 0.490 e. The number of fused-ring (bicyclic) bond motifs is 1. The number of aliphatic carboxylic acids is 1. The van der Waals surface area contributed by atoms with E-state index >= 15 is 0 Å². The number of hydrogen-bond donors (Lipinski definition) is 3. The van der Waals surface area contributed by atoms with Crippen LogP contribution in [0.25, 0.3) is 0 Å². The van der Waals surface area contributed by atoms with Crippen LogP contribution in [0.15, 0.2) is 36.4 Å². The van der Waals surface area contributed by atoms with Gasteiger partial charge in [-0.15, -0.1) is 0 Å². The molecule has 41 heavy (non-hydrogen) atoms. The highest BCUT2D eigenvalue weighted by molar-refractivity contribution is 5.89. The van der Waals surface area contributed by atoms with Crippen molar-refractivity contribution in [2.45, 2.75) is 68.2 Å². The van der Waals surface area contributed by atoms with Gasteiger partial charge in [-0.1, -0.05) is 6.07 Å². The van der Waals surface area contributed by atoms with E-state index in [1.54, 1.807) is 14.2 Å². The van der Waals surface area contributed by atoms with Gasteiger partial charge in [0.25, 0.3) is 0 Å². The van der Waals surface area contributed by atoms with E-state index in [1.165, 1.54) is 24.5 Å². The molecule has 0 radical (unpaired) electrons. The van der Waals surface area contributed by atoms with Gasteiger partial charge in [0, 0.05) is 35.3 Å². The van der Waals surface area contributed by atoms with Gasteiger partial charge in [0.2, 0.25) is 0 Å². The first-order valence-electron chi connectivity index (χ1n) is 13.2. The first kappa shape index (κ1) is 30.4. The SMILES string of the molecule is COc1ccc([C@@]23CC[C@@H](NC(=O)Nc4ccc(F)c(F)c4)C[C@@H]2N(C2CC2)CC3)cc1OC.O=C(O)C(F)(F)F. The van der Waals surface area contributed by atoms with Crippen molar-refractivity contribution >= 4 is 17.7 Å². The second-order valence-corrected chi connectivity index (χ2v) is 10.5. The third-order valence-electron chi connectivity index (χ3n) is 8.03. The molecule has 1 heterocycles. The molecule has 8 nitrogen and oxygen atoms in total. The van der Waals surface area contributed by atoms with Crippen LogP contribution in [0, 0.1) is 11.6 Å². The van der Waals surface area contributed by atoms with Gasteiger partial charge in [-0.2, -0.15) is 13.2 Å². The van der Waals surface area contributed by atoms with Crippen LogP contribution in [-0.2, 0) is 10.2 Å². The topological polar surface area (TPSA) is 100 Å². The summed E-state index contributed by atoms with van der Waals surface area (Å²) >= 11 is 0. The summed E-state index contributed by atoms with van der Waals surface area (Å²) in [5, 5.41) is 12.8. The number of amides is 2. The highest BCUT2D eigenvalue weighted by Gasteiger charge is 2.54. The Hall–Kier alpha value is -3.61. The van der Waals surface area contributed by atoms with E-state index in [0.29, 0.717) is 12.1 Å². The second-order valence-electron chi connectivity index (χ2n) is 10.5. The number of carbonyl (C=O) groups excluding carboxylic acids is 1. The Morgan fingerprint density at radius 1 is 0.976 bits per heavy atom. The zero-order chi connectivity index (χ0) is 29.9. The molecule has 2 aliphatic carbocycles. The molecule has 224 valence electrons. The summed E-state index contributed by atoms with van der Waals surface area (Å²) in [5.74, 6) is -3.22. The van der Waals surface area contributed by atoms with Crippen molar-refractivity contribution < 1.29 is 46.1 Å². The number of hydrogen-bond acceptors (Lipinski definition) is 5. The van der Waals surface area contributed by atoms with Gasteiger partial charge in [-0.3, -0.25) is 4.90 Å². The minimum absolute atomic E-state index is 0.00270. The molecule has 13 heteroatoms. The van der Waals surface area contributed by atoms with Crippen LogP contribution >= 0.6 is 0 Å². The molecule has 3 fully saturated rings. The van der Waals surface area contributed by atoms with Crippen molar-refractivity contribution in [3.63, 3.8) is 0 Å². The Morgan fingerprint density at radius 2 is 1.66 bits per heavy atom. The maximum atomic E-state index is 13.5. The number of rotatable bonds is 6. The average molecular weight is 586 g/mol. The van der Waals surface area contributed by atoms with Crippen LogP contribution < -0.4 is 20.1 Å². The predicted octanol–water partition coefficient (Wildman–Crippen LogP) is 5.46. The monoisotopic (exact) mass is 585 g/mol. The Balaban J connectivity index is 0.000000493. The third-order valence-corrected chi connectivity index (χ3v) is 8.03. The Morgan fingerprint density at radius 3 is 2.24 bits per heavy atom. The molecule has 2 saturated carbocycles.